The van der Waals surface area contributed by atoms with Crippen LogP contribution in [-0.2, 0) is 10.1 Å². The maximum Gasteiger partial charge on any atom is 0.268 e. The van der Waals surface area contributed by atoms with Crippen LogP contribution in [0.4, 0.5) is 0 Å². The van der Waals surface area contributed by atoms with E-state index in [0.717, 1.165) is 6.08 Å². The Kier molecular flexibility index (Phi) is 8.40. The van der Waals surface area contributed by atoms with E-state index in [9.17, 15) is 8.42 Å². The lowest BCUT2D eigenvalue weighted by molar-refractivity contribution is 0.487. The SMILES string of the molecule is C=CCS(=O)(=O)O.C=CCl. The minimum Gasteiger partial charge on any atom is -0.285 e. The minimum absolute atomic E-state index is 0.368. The van der Waals surface area contributed by atoms with Crippen molar-refractivity contribution in [2.45, 2.75) is 0 Å². The summed E-state index contributed by atoms with van der Waals surface area (Å²) in [4.78, 5) is 0. The quantitative estimate of drug-likeness (QED) is 0.522. The van der Waals surface area contributed by atoms with Gasteiger partial charge in [-0.05, 0) is 5.54 Å². The molecule has 0 radical (unpaired) electrons. The van der Waals surface area contributed by atoms with E-state index in [0.29, 0.717) is 0 Å². The first-order valence-electron chi connectivity index (χ1n) is 2.25. The van der Waals surface area contributed by atoms with E-state index in [2.05, 4.69) is 13.2 Å². The fourth-order valence-electron chi connectivity index (χ4n) is 0.149. The van der Waals surface area contributed by atoms with Gasteiger partial charge >= 0.3 is 0 Å². The van der Waals surface area contributed by atoms with E-state index >= 15 is 0 Å². The van der Waals surface area contributed by atoms with Gasteiger partial charge in [-0.15, -0.1) is 6.58 Å². The fraction of sp³-hybridized carbons (Fsp3) is 0.200. The second-order valence-corrected chi connectivity index (χ2v) is 3.00. The zero-order valence-corrected chi connectivity index (χ0v) is 6.90. The van der Waals surface area contributed by atoms with E-state index in [4.69, 9.17) is 16.2 Å². The van der Waals surface area contributed by atoms with Gasteiger partial charge < -0.3 is 0 Å². The van der Waals surface area contributed by atoms with E-state index in [-0.39, 0.29) is 5.75 Å². The molecular weight excluding hydrogens is 176 g/mol. The predicted octanol–water partition coefficient (Wildman–Crippen LogP) is 1.43. The molecule has 0 spiro atoms. The van der Waals surface area contributed by atoms with Crippen molar-refractivity contribution in [2.75, 3.05) is 5.75 Å². The predicted molar refractivity (Wildman–Crippen MR) is 42.7 cm³/mol. The minimum atomic E-state index is -3.79. The van der Waals surface area contributed by atoms with Gasteiger partial charge in [-0.25, -0.2) is 0 Å². The van der Waals surface area contributed by atoms with Crippen LogP contribution in [0, 0.1) is 0 Å². The van der Waals surface area contributed by atoms with Gasteiger partial charge in [0.15, 0.2) is 0 Å². The molecule has 60 valence electrons. The van der Waals surface area contributed by atoms with Crippen molar-refractivity contribution in [3.05, 3.63) is 24.8 Å². The molecule has 0 aliphatic heterocycles. The smallest absolute Gasteiger partial charge is 0.268 e. The number of halogens is 1. The van der Waals surface area contributed by atoms with E-state index < -0.39 is 10.1 Å². The summed E-state index contributed by atoms with van der Waals surface area (Å²) in [5, 5.41) is 0. The van der Waals surface area contributed by atoms with Crippen LogP contribution < -0.4 is 0 Å². The molecule has 5 heteroatoms. The third kappa shape index (κ3) is 25.3. The molecule has 0 unspecified atom stereocenters. The maximum atomic E-state index is 9.72. The first-order chi connectivity index (χ1) is 4.47. The van der Waals surface area contributed by atoms with E-state index in [1.54, 1.807) is 0 Å². The van der Waals surface area contributed by atoms with Crippen molar-refractivity contribution >= 4 is 21.7 Å². The molecule has 0 saturated carbocycles. The molecule has 10 heavy (non-hydrogen) atoms. The van der Waals surface area contributed by atoms with Crippen LogP contribution in [0.3, 0.4) is 0 Å². The van der Waals surface area contributed by atoms with Crippen molar-refractivity contribution in [1.82, 2.24) is 0 Å². The Balaban J connectivity index is 0. The summed E-state index contributed by atoms with van der Waals surface area (Å²) >= 11 is 4.76. The van der Waals surface area contributed by atoms with Gasteiger partial charge in [0.1, 0.15) is 0 Å². The highest BCUT2D eigenvalue weighted by molar-refractivity contribution is 7.85. The summed E-state index contributed by atoms with van der Waals surface area (Å²) in [5.74, 6) is -0.368. The molecule has 0 aliphatic rings. The summed E-state index contributed by atoms with van der Waals surface area (Å²) in [6, 6.07) is 0. The second kappa shape index (κ2) is 6.80. The Labute approximate surface area is 65.8 Å². The van der Waals surface area contributed by atoms with E-state index in [1.165, 1.54) is 5.54 Å². The van der Waals surface area contributed by atoms with Gasteiger partial charge in [0.05, 0.1) is 5.75 Å². The van der Waals surface area contributed by atoms with Crippen molar-refractivity contribution in [2.24, 2.45) is 0 Å². The molecule has 0 aromatic heterocycles. The van der Waals surface area contributed by atoms with Crippen molar-refractivity contribution in [3.8, 4) is 0 Å². The lowest BCUT2D eigenvalue weighted by Crippen LogP contribution is -1.99. The molecule has 3 nitrogen and oxygen atoms in total. The normalized spacial score (nSPS) is 9.00. The van der Waals surface area contributed by atoms with Gasteiger partial charge in [-0.2, -0.15) is 8.42 Å². The summed E-state index contributed by atoms with van der Waals surface area (Å²) in [5.41, 5.74) is 1.22. The Morgan fingerprint density at radius 3 is 1.80 bits per heavy atom. The lowest BCUT2D eigenvalue weighted by Gasteiger charge is -1.82. The van der Waals surface area contributed by atoms with Crippen LogP contribution in [0.15, 0.2) is 24.8 Å². The van der Waals surface area contributed by atoms with Crippen LogP contribution >= 0.6 is 11.6 Å². The third-order valence-corrected chi connectivity index (χ3v) is 0.985. The summed E-state index contributed by atoms with van der Waals surface area (Å²) < 4.78 is 27.3. The van der Waals surface area contributed by atoms with Crippen LogP contribution in [0.5, 0.6) is 0 Å². The first-order valence-corrected chi connectivity index (χ1v) is 4.29. The highest BCUT2D eigenvalue weighted by atomic mass is 35.5. The Morgan fingerprint density at radius 1 is 1.50 bits per heavy atom. The van der Waals surface area contributed by atoms with Crippen molar-refractivity contribution < 1.29 is 13.0 Å². The largest absolute Gasteiger partial charge is 0.285 e. The molecule has 0 aliphatic carbocycles. The topological polar surface area (TPSA) is 54.4 Å². The first kappa shape index (κ1) is 12.4. The van der Waals surface area contributed by atoms with Crippen LogP contribution in [0.25, 0.3) is 0 Å². The third-order valence-electron chi connectivity index (χ3n) is 0.328. The van der Waals surface area contributed by atoms with Crippen molar-refractivity contribution in [3.63, 3.8) is 0 Å². The van der Waals surface area contributed by atoms with Crippen molar-refractivity contribution in [1.29, 1.82) is 0 Å². The summed E-state index contributed by atoms with van der Waals surface area (Å²) in [6.07, 6.45) is 1.12. The summed E-state index contributed by atoms with van der Waals surface area (Å²) in [7, 11) is -3.79. The second-order valence-electron chi connectivity index (χ2n) is 1.19. The van der Waals surface area contributed by atoms with E-state index in [1.807, 2.05) is 0 Å². The summed E-state index contributed by atoms with van der Waals surface area (Å²) in [6.45, 7) is 6.23. The molecule has 1 N–H and O–H groups in total. The van der Waals surface area contributed by atoms with Crippen LogP contribution in [0.1, 0.15) is 0 Å². The average Bonchev–Trinajstić information content (AvgIpc) is 1.63. The highest BCUT2D eigenvalue weighted by Gasteiger charge is 1.95. The van der Waals surface area contributed by atoms with Gasteiger partial charge in [0.25, 0.3) is 10.1 Å². The lowest BCUT2D eigenvalue weighted by atomic mass is 10.8. The van der Waals surface area contributed by atoms with Gasteiger partial charge in [0, 0.05) is 0 Å². The molecular formula is C5H9ClO3S. The number of rotatable bonds is 2. The molecule has 0 bridgehead atoms. The highest BCUT2D eigenvalue weighted by Crippen LogP contribution is 1.78. The molecule has 0 fully saturated rings. The molecule has 0 aromatic rings. The number of hydrogen-bond donors (Lipinski definition) is 1. The fourth-order valence-corrected chi connectivity index (χ4v) is 0.447. The Hall–Kier alpha value is -0.320. The standard InChI is InChI=1S/C3H6O3S.C2H3Cl/c1-2-3-7(4,5)6;1-2-3/h2H,1,3H2,(H,4,5,6);2H,1H2. The molecule has 0 amide bonds. The zero-order chi connectivity index (χ0) is 8.62. The van der Waals surface area contributed by atoms with Crippen LogP contribution in [-0.4, -0.2) is 18.7 Å². The maximum absolute atomic E-state index is 9.72. The monoisotopic (exact) mass is 184 g/mol. The average molecular weight is 185 g/mol. The Bertz CT molecular complexity index is 183. The zero-order valence-electron chi connectivity index (χ0n) is 5.33. The van der Waals surface area contributed by atoms with Gasteiger partial charge in [0.2, 0.25) is 0 Å². The Morgan fingerprint density at radius 2 is 1.80 bits per heavy atom. The molecule has 0 aromatic carbocycles. The van der Waals surface area contributed by atoms with Gasteiger partial charge in [-0.3, -0.25) is 4.55 Å². The molecule has 0 saturated heterocycles. The van der Waals surface area contributed by atoms with Gasteiger partial charge in [-0.1, -0.05) is 24.3 Å². The van der Waals surface area contributed by atoms with Crippen LogP contribution in [0.2, 0.25) is 0 Å². The number of hydrogen-bond acceptors (Lipinski definition) is 2. The molecule has 0 atom stereocenters. The molecule has 0 rings (SSSR count). The molecule has 0 heterocycles.